The first kappa shape index (κ1) is 23.6. The number of carbonyl (C=O) groups excluding carboxylic acids is 1. The van der Waals surface area contributed by atoms with E-state index in [0.29, 0.717) is 22.0 Å². The number of ketones is 1. The number of hydrogen-bond donors (Lipinski definition) is 1. The number of aromatic nitrogens is 1. The Morgan fingerprint density at radius 2 is 1.77 bits per heavy atom. The average Bonchev–Trinajstić information content (AvgIpc) is 3.17. The SMILES string of the molecule is COc1ccc(-c2c3c(nc4sc(C(=O)c5ccc(C)cc5)c(N)c24)CC[C@@H](C(C)(C)C)C3)cc1. The van der Waals surface area contributed by atoms with E-state index in [9.17, 15) is 4.79 Å². The third-order valence-electron chi connectivity index (χ3n) is 7.37. The molecule has 0 aliphatic heterocycles. The van der Waals surface area contributed by atoms with Gasteiger partial charge in [-0.15, -0.1) is 11.3 Å². The Kier molecular flexibility index (Phi) is 5.92. The molecule has 1 aliphatic carbocycles. The van der Waals surface area contributed by atoms with E-state index in [2.05, 4.69) is 32.9 Å². The van der Waals surface area contributed by atoms with Gasteiger partial charge in [-0.05, 0) is 66.3 Å². The number of nitrogens with zero attached hydrogens (tertiary/aromatic N) is 1. The Bertz CT molecular complexity index is 1410. The summed E-state index contributed by atoms with van der Waals surface area (Å²) >= 11 is 1.42. The number of aryl methyl sites for hydroxylation is 2. The maximum absolute atomic E-state index is 13.5. The lowest BCUT2D eigenvalue weighted by atomic mass is 9.70. The Morgan fingerprint density at radius 1 is 1.09 bits per heavy atom. The molecule has 35 heavy (non-hydrogen) atoms. The van der Waals surface area contributed by atoms with Crippen LogP contribution < -0.4 is 10.5 Å². The Morgan fingerprint density at radius 3 is 2.40 bits per heavy atom. The summed E-state index contributed by atoms with van der Waals surface area (Å²) in [6.45, 7) is 8.97. The highest BCUT2D eigenvalue weighted by Crippen LogP contribution is 2.47. The molecule has 4 aromatic rings. The van der Waals surface area contributed by atoms with Crippen LogP contribution in [-0.4, -0.2) is 17.9 Å². The zero-order chi connectivity index (χ0) is 24.9. The molecular weight excluding hydrogens is 452 g/mol. The highest BCUT2D eigenvalue weighted by atomic mass is 32.1. The van der Waals surface area contributed by atoms with Crippen molar-refractivity contribution in [1.82, 2.24) is 4.98 Å². The fourth-order valence-corrected chi connectivity index (χ4v) is 6.23. The van der Waals surface area contributed by atoms with Crippen molar-refractivity contribution in [2.24, 2.45) is 11.3 Å². The number of carbonyl (C=O) groups is 1. The first-order valence-electron chi connectivity index (χ1n) is 12.2. The maximum Gasteiger partial charge on any atom is 0.205 e. The molecule has 0 spiro atoms. The molecule has 0 saturated heterocycles. The summed E-state index contributed by atoms with van der Waals surface area (Å²) in [4.78, 5) is 20.0. The van der Waals surface area contributed by atoms with Crippen molar-refractivity contribution in [3.05, 3.63) is 75.8 Å². The minimum Gasteiger partial charge on any atom is -0.497 e. The molecule has 2 aromatic carbocycles. The molecule has 0 unspecified atom stereocenters. The van der Waals surface area contributed by atoms with Gasteiger partial charge in [-0.2, -0.15) is 0 Å². The third kappa shape index (κ3) is 4.23. The number of pyridine rings is 1. The molecule has 5 heteroatoms. The zero-order valence-corrected chi connectivity index (χ0v) is 21.9. The molecule has 5 rings (SSSR count). The quantitative estimate of drug-likeness (QED) is 0.310. The second-order valence-electron chi connectivity index (χ2n) is 10.7. The van der Waals surface area contributed by atoms with Crippen molar-refractivity contribution in [2.75, 3.05) is 12.8 Å². The van der Waals surface area contributed by atoms with Crippen LogP contribution in [0.3, 0.4) is 0 Å². The molecule has 0 bridgehead atoms. The number of methoxy groups -OCH3 is 1. The zero-order valence-electron chi connectivity index (χ0n) is 21.1. The summed E-state index contributed by atoms with van der Waals surface area (Å²) in [5.41, 5.74) is 13.9. The molecule has 4 nitrogen and oxygen atoms in total. The minimum absolute atomic E-state index is 0.0447. The maximum atomic E-state index is 13.5. The first-order valence-corrected chi connectivity index (χ1v) is 13.0. The van der Waals surface area contributed by atoms with Gasteiger partial charge in [-0.3, -0.25) is 4.79 Å². The second-order valence-corrected chi connectivity index (χ2v) is 11.7. The molecule has 2 heterocycles. The molecule has 0 radical (unpaired) electrons. The average molecular weight is 485 g/mol. The van der Waals surface area contributed by atoms with Gasteiger partial charge in [0.25, 0.3) is 0 Å². The number of benzene rings is 2. The third-order valence-corrected chi connectivity index (χ3v) is 8.46. The molecule has 180 valence electrons. The van der Waals surface area contributed by atoms with Crippen molar-refractivity contribution in [1.29, 1.82) is 0 Å². The Labute approximate surface area is 211 Å². The predicted octanol–water partition coefficient (Wildman–Crippen LogP) is 7.24. The van der Waals surface area contributed by atoms with Crippen molar-refractivity contribution < 1.29 is 9.53 Å². The molecule has 0 fully saturated rings. The van der Waals surface area contributed by atoms with E-state index in [1.807, 2.05) is 43.3 Å². The number of ether oxygens (including phenoxy) is 1. The van der Waals surface area contributed by atoms with Gasteiger partial charge < -0.3 is 10.5 Å². The van der Waals surface area contributed by atoms with Crippen molar-refractivity contribution in [2.45, 2.75) is 47.0 Å². The van der Waals surface area contributed by atoms with E-state index >= 15 is 0 Å². The van der Waals surface area contributed by atoms with Crippen LogP contribution in [0.25, 0.3) is 21.3 Å². The number of hydrogen-bond acceptors (Lipinski definition) is 5. The van der Waals surface area contributed by atoms with E-state index in [4.69, 9.17) is 15.5 Å². The molecule has 0 amide bonds. The van der Waals surface area contributed by atoms with Gasteiger partial charge in [0.15, 0.2) is 0 Å². The van der Waals surface area contributed by atoms with Gasteiger partial charge in [0.1, 0.15) is 15.5 Å². The number of nitrogens with two attached hydrogens (primary N) is 1. The van der Waals surface area contributed by atoms with E-state index in [1.165, 1.54) is 16.9 Å². The van der Waals surface area contributed by atoms with Crippen LogP contribution in [0, 0.1) is 18.3 Å². The van der Waals surface area contributed by atoms with Crippen LogP contribution >= 0.6 is 11.3 Å². The van der Waals surface area contributed by atoms with Gasteiger partial charge in [0, 0.05) is 16.6 Å². The molecule has 2 aromatic heterocycles. The van der Waals surface area contributed by atoms with Gasteiger partial charge >= 0.3 is 0 Å². The molecule has 1 aliphatic rings. The lowest BCUT2D eigenvalue weighted by Gasteiger charge is -2.35. The molecule has 1 atom stereocenters. The van der Waals surface area contributed by atoms with Crippen LogP contribution in [0.1, 0.15) is 59.2 Å². The van der Waals surface area contributed by atoms with Gasteiger partial charge in [-0.25, -0.2) is 4.98 Å². The van der Waals surface area contributed by atoms with Crippen LogP contribution in [0.2, 0.25) is 0 Å². The van der Waals surface area contributed by atoms with E-state index in [-0.39, 0.29) is 11.2 Å². The Balaban J connectivity index is 1.74. The highest BCUT2D eigenvalue weighted by molar-refractivity contribution is 7.21. The largest absolute Gasteiger partial charge is 0.497 e. The minimum atomic E-state index is -0.0447. The summed E-state index contributed by atoms with van der Waals surface area (Å²) in [6, 6.07) is 15.8. The van der Waals surface area contributed by atoms with E-state index in [1.54, 1.807) is 7.11 Å². The van der Waals surface area contributed by atoms with Crippen LogP contribution in [-0.2, 0) is 12.8 Å². The number of fused-ring (bicyclic) bond motifs is 2. The lowest BCUT2D eigenvalue weighted by Crippen LogP contribution is -2.27. The van der Waals surface area contributed by atoms with Crippen LogP contribution in [0.15, 0.2) is 48.5 Å². The number of anilines is 1. The van der Waals surface area contributed by atoms with Gasteiger partial charge in [0.2, 0.25) is 5.78 Å². The van der Waals surface area contributed by atoms with Gasteiger partial charge in [0.05, 0.1) is 12.8 Å². The molecule has 0 saturated carbocycles. The lowest BCUT2D eigenvalue weighted by molar-refractivity contribution is 0.104. The number of rotatable bonds is 4. The first-order chi connectivity index (χ1) is 16.7. The van der Waals surface area contributed by atoms with Crippen LogP contribution in [0.5, 0.6) is 5.75 Å². The normalized spacial score (nSPS) is 15.7. The molecular formula is C30H32N2O2S. The fraction of sp³-hybridized carbons (Fsp3) is 0.333. The highest BCUT2D eigenvalue weighted by Gasteiger charge is 2.33. The smallest absolute Gasteiger partial charge is 0.205 e. The van der Waals surface area contributed by atoms with Crippen molar-refractivity contribution in [3.8, 4) is 16.9 Å². The fourth-order valence-electron chi connectivity index (χ4n) is 5.14. The Hall–Kier alpha value is -3.18. The predicted molar refractivity (Wildman–Crippen MR) is 146 cm³/mol. The standard InChI is InChI=1S/C30H32N2O2S/c1-17-6-8-19(9-7-17)27(33)28-26(31)25-24(18-10-13-21(34-5)14-11-18)22-16-20(30(2,3)4)12-15-23(22)32-29(25)35-28/h6-11,13-14,20H,12,15-16,31H2,1-5H3/t20-/m1/s1. The van der Waals surface area contributed by atoms with Gasteiger partial charge in [-0.1, -0.05) is 62.7 Å². The second kappa shape index (κ2) is 8.80. The van der Waals surface area contributed by atoms with Crippen LogP contribution in [0.4, 0.5) is 5.69 Å². The summed E-state index contributed by atoms with van der Waals surface area (Å²) in [5, 5.41) is 0.906. The van der Waals surface area contributed by atoms with E-state index < -0.39 is 0 Å². The summed E-state index contributed by atoms with van der Waals surface area (Å²) in [5.74, 6) is 1.32. The molecule has 2 N–H and O–H groups in total. The van der Waals surface area contributed by atoms with Crippen molar-refractivity contribution in [3.63, 3.8) is 0 Å². The number of nitrogen functional groups attached to an aromatic ring is 1. The summed E-state index contributed by atoms with van der Waals surface area (Å²) in [6.07, 6.45) is 3.02. The monoisotopic (exact) mass is 484 g/mol. The van der Waals surface area contributed by atoms with E-state index in [0.717, 1.165) is 57.6 Å². The summed E-state index contributed by atoms with van der Waals surface area (Å²) in [7, 11) is 1.68. The van der Waals surface area contributed by atoms with Crippen molar-refractivity contribution >= 4 is 33.0 Å². The topological polar surface area (TPSA) is 65.2 Å². The summed E-state index contributed by atoms with van der Waals surface area (Å²) < 4.78 is 5.40. The number of thiophene rings is 1.